The van der Waals surface area contributed by atoms with Crippen LogP contribution in [0.5, 0.6) is 0 Å². The molecular weight excluding hydrogens is 242 g/mol. The van der Waals surface area contributed by atoms with Crippen LogP contribution in [0.15, 0.2) is 0 Å². The van der Waals surface area contributed by atoms with Crippen molar-refractivity contribution < 1.29 is 14.7 Å². The zero-order valence-electron chi connectivity index (χ0n) is 11.9. The van der Waals surface area contributed by atoms with Gasteiger partial charge >= 0.3 is 5.97 Å². The van der Waals surface area contributed by atoms with Gasteiger partial charge in [-0.15, -0.1) is 0 Å². The molecule has 0 aromatic heterocycles. The van der Waals surface area contributed by atoms with Crippen molar-refractivity contribution in [1.82, 2.24) is 4.90 Å². The predicted octanol–water partition coefficient (Wildman–Crippen LogP) is 2.67. The van der Waals surface area contributed by atoms with E-state index in [9.17, 15) is 14.7 Å². The van der Waals surface area contributed by atoms with Crippen LogP contribution >= 0.6 is 0 Å². The van der Waals surface area contributed by atoms with Crippen molar-refractivity contribution in [3.63, 3.8) is 0 Å². The highest BCUT2D eigenvalue weighted by Gasteiger charge is 2.39. The van der Waals surface area contributed by atoms with Gasteiger partial charge < -0.3 is 10.0 Å². The van der Waals surface area contributed by atoms with Gasteiger partial charge in [-0.1, -0.05) is 25.7 Å². The zero-order chi connectivity index (χ0) is 13.9. The number of amides is 1. The molecular formula is C15H25NO3. The fourth-order valence-electron chi connectivity index (χ4n) is 3.22. The standard InChI is InChI=1S/C15H25NO3/c1-15(14(18)19)8-10-16(11-9-15)13(17)12-6-4-2-3-5-7-12/h12H,2-11H2,1H3,(H,18,19). The third-order valence-corrected chi connectivity index (χ3v) is 4.90. The van der Waals surface area contributed by atoms with Crippen molar-refractivity contribution in [3.8, 4) is 0 Å². The van der Waals surface area contributed by atoms with E-state index in [1.54, 1.807) is 6.92 Å². The molecule has 0 radical (unpaired) electrons. The van der Waals surface area contributed by atoms with Gasteiger partial charge in [0.2, 0.25) is 5.91 Å². The van der Waals surface area contributed by atoms with Crippen molar-refractivity contribution in [2.45, 2.75) is 58.3 Å². The number of carboxylic acid groups (broad SMARTS) is 1. The van der Waals surface area contributed by atoms with Gasteiger partial charge in [0, 0.05) is 19.0 Å². The van der Waals surface area contributed by atoms with Crippen molar-refractivity contribution in [1.29, 1.82) is 0 Å². The highest BCUT2D eigenvalue weighted by Crippen LogP contribution is 2.33. The van der Waals surface area contributed by atoms with Crippen LogP contribution in [0.2, 0.25) is 0 Å². The molecule has 108 valence electrons. The largest absolute Gasteiger partial charge is 0.481 e. The Bertz CT molecular complexity index is 337. The number of hydrogen-bond acceptors (Lipinski definition) is 2. The Balaban J connectivity index is 1.90. The van der Waals surface area contributed by atoms with Gasteiger partial charge in [0.1, 0.15) is 0 Å². The fraction of sp³-hybridized carbons (Fsp3) is 0.867. The van der Waals surface area contributed by atoms with Gasteiger partial charge in [0.25, 0.3) is 0 Å². The van der Waals surface area contributed by atoms with Crippen LogP contribution in [0.3, 0.4) is 0 Å². The van der Waals surface area contributed by atoms with E-state index < -0.39 is 11.4 Å². The summed E-state index contributed by atoms with van der Waals surface area (Å²) < 4.78 is 0. The van der Waals surface area contributed by atoms with Crippen molar-refractivity contribution in [2.24, 2.45) is 11.3 Å². The van der Waals surface area contributed by atoms with E-state index in [1.807, 2.05) is 4.90 Å². The van der Waals surface area contributed by atoms with Crippen molar-refractivity contribution in [3.05, 3.63) is 0 Å². The van der Waals surface area contributed by atoms with Crippen LogP contribution < -0.4 is 0 Å². The molecule has 1 N–H and O–H groups in total. The summed E-state index contributed by atoms with van der Waals surface area (Å²) in [5.74, 6) is -0.264. The number of rotatable bonds is 2. The summed E-state index contributed by atoms with van der Waals surface area (Å²) in [7, 11) is 0. The minimum Gasteiger partial charge on any atom is -0.481 e. The summed E-state index contributed by atoms with van der Waals surface area (Å²) >= 11 is 0. The molecule has 1 amide bonds. The summed E-state index contributed by atoms with van der Waals surface area (Å²) in [5, 5.41) is 9.20. The third kappa shape index (κ3) is 3.28. The summed E-state index contributed by atoms with van der Waals surface area (Å²) in [4.78, 5) is 25.6. The average Bonchev–Trinajstić information content (AvgIpc) is 2.67. The summed E-state index contributed by atoms with van der Waals surface area (Å²) in [6, 6.07) is 0. The van der Waals surface area contributed by atoms with Crippen LogP contribution in [-0.2, 0) is 9.59 Å². The van der Waals surface area contributed by atoms with Gasteiger partial charge in [0.05, 0.1) is 5.41 Å². The Kier molecular flexibility index (Phi) is 4.48. The maximum atomic E-state index is 12.5. The van der Waals surface area contributed by atoms with Crippen LogP contribution in [0.25, 0.3) is 0 Å². The lowest BCUT2D eigenvalue weighted by molar-refractivity contribution is -0.153. The van der Waals surface area contributed by atoms with E-state index in [2.05, 4.69) is 0 Å². The Labute approximate surface area is 115 Å². The molecule has 4 heteroatoms. The number of piperidine rings is 1. The van der Waals surface area contributed by atoms with Gasteiger partial charge in [0.15, 0.2) is 0 Å². The van der Waals surface area contributed by atoms with Gasteiger partial charge in [-0.2, -0.15) is 0 Å². The molecule has 0 spiro atoms. The Morgan fingerprint density at radius 1 is 1.05 bits per heavy atom. The lowest BCUT2D eigenvalue weighted by Gasteiger charge is -2.37. The second-order valence-corrected chi connectivity index (χ2v) is 6.38. The monoisotopic (exact) mass is 267 g/mol. The summed E-state index contributed by atoms with van der Waals surface area (Å²) in [6.45, 7) is 3.01. The van der Waals surface area contributed by atoms with Crippen molar-refractivity contribution in [2.75, 3.05) is 13.1 Å². The first-order valence-corrected chi connectivity index (χ1v) is 7.55. The molecule has 0 atom stereocenters. The fourth-order valence-corrected chi connectivity index (χ4v) is 3.22. The van der Waals surface area contributed by atoms with Crippen LogP contribution in [0.1, 0.15) is 58.3 Å². The second kappa shape index (κ2) is 5.93. The van der Waals surface area contributed by atoms with E-state index in [1.165, 1.54) is 12.8 Å². The topological polar surface area (TPSA) is 57.6 Å². The first kappa shape index (κ1) is 14.4. The highest BCUT2D eigenvalue weighted by atomic mass is 16.4. The van der Waals surface area contributed by atoms with Crippen LogP contribution in [-0.4, -0.2) is 35.0 Å². The highest BCUT2D eigenvalue weighted by molar-refractivity contribution is 5.80. The molecule has 0 aromatic carbocycles. The number of carbonyl (C=O) groups is 2. The van der Waals surface area contributed by atoms with Crippen LogP contribution in [0, 0.1) is 11.3 Å². The number of carboxylic acids is 1. The summed E-state index contributed by atoms with van der Waals surface area (Å²) in [6.07, 6.45) is 8.04. The molecule has 0 unspecified atom stereocenters. The molecule has 2 rings (SSSR count). The lowest BCUT2D eigenvalue weighted by Crippen LogP contribution is -2.47. The molecule has 2 aliphatic rings. The molecule has 0 bridgehead atoms. The molecule has 19 heavy (non-hydrogen) atoms. The predicted molar refractivity (Wildman–Crippen MR) is 72.7 cm³/mol. The van der Waals surface area contributed by atoms with E-state index in [4.69, 9.17) is 0 Å². The molecule has 1 aliphatic carbocycles. The quantitative estimate of drug-likeness (QED) is 0.783. The SMILES string of the molecule is CC1(C(=O)O)CCN(C(=O)C2CCCCCC2)CC1. The molecule has 2 fully saturated rings. The minimum atomic E-state index is -0.728. The minimum absolute atomic E-state index is 0.191. The summed E-state index contributed by atoms with van der Waals surface area (Å²) in [5.41, 5.74) is -0.639. The Morgan fingerprint density at radius 2 is 1.58 bits per heavy atom. The van der Waals surface area contributed by atoms with Gasteiger partial charge in [-0.3, -0.25) is 9.59 Å². The molecule has 1 aliphatic heterocycles. The van der Waals surface area contributed by atoms with Crippen molar-refractivity contribution >= 4 is 11.9 Å². The van der Waals surface area contributed by atoms with E-state index in [-0.39, 0.29) is 11.8 Å². The molecule has 1 saturated carbocycles. The maximum absolute atomic E-state index is 12.5. The van der Waals surface area contributed by atoms with E-state index in [0.717, 1.165) is 25.7 Å². The third-order valence-electron chi connectivity index (χ3n) is 4.90. The molecule has 4 nitrogen and oxygen atoms in total. The Hall–Kier alpha value is -1.06. The average molecular weight is 267 g/mol. The van der Waals surface area contributed by atoms with Gasteiger partial charge in [-0.25, -0.2) is 0 Å². The Morgan fingerprint density at radius 3 is 2.05 bits per heavy atom. The molecule has 1 saturated heterocycles. The number of carbonyl (C=O) groups excluding carboxylic acids is 1. The number of hydrogen-bond donors (Lipinski definition) is 1. The first-order chi connectivity index (χ1) is 9.03. The first-order valence-electron chi connectivity index (χ1n) is 7.55. The smallest absolute Gasteiger partial charge is 0.309 e. The molecule has 1 heterocycles. The van der Waals surface area contributed by atoms with E-state index >= 15 is 0 Å². The second-order valence-electron chi connectivity index (χ2n) is 6.38. The lowest BCUT2D eigenvalue weighted by atomic mass is 9.80. The van der Waals surface area contributed by atoms with E-state index in [0.29, 0.717) is 25.9 Å². The number of aliphatic carboxylic acids is 1. The van der Waals surface area contributed by atoms with Crippen LogP contribution in [0.4, 0.5) is 0 Å². The normalized spacial score (nSPS) is 24.8. The number of likely N-dealkylation sites (tertiary alicyclic amines) is 1. The van der Waals surface area contributed by atoms with Gasteiger partial charge in [-0.05, 0) is 32.6 Å². The maximum Gasteiger partial charge on any atom is 0.309 e. The number of nitrogens with zero attached hydrogens (tertiary/aromatic N) is 1. The zero-order valence-corrected chi connectivity index (χ0v) is 11.9. The molecule has 0 aromatic rings.